The van der Waals surface area contributed by atoms with E-state index in [0.29, 0.717) is 0 Å². The Morgan fingerprint density at radius 2 is 1.89 bits per heavy atom. The van der Waals surface area contributed by atoms with Gasteiger partial charge in [0.2, 0.25) is 11.7 Å². The number of carbonyl (C=O) groups is 3. The monoisotopic (exact) mass is 432 g/mol. The van der Waals surface area contributed by atoms with E-state index in [4.69, 9.17) is 0 Å². The molecule has 2 rings (SSSR count). The summed E-state index contributed by atoms with van der Waals surface area (Å²) < 4.78 is 0. The highest BCUT2D eigenvalue weighted by Gasteiger charge is 2.32. The fourth-order valence-corrected chi connectivity index (χ4v) is 4.45. The highest BCUT2D eigenvalue weighted by molar-refractivity contribution is 8.14. The van der Waals surface area contributed by atoms with Crippen molar-refractivity contribution >= 4 is 46.9 Å². The van der Waals surface area contributed by atoms with Crippen molar-refractivity contribution in [3.8, 4) is 0 Å². The van der Waals surface area contributed by atoms with Gasteiger partial charge in [-0.2, -0.15) is 0 Å². The van der Waals surface area contributed by atoms with Crippen LogP contribution < -0.4 is 10.7 Å². The van der Waals surface area contributed by atoms with Crippen LogP contribution >= 0.6 is 24.2 Å². The Hall–Kier alpha value is -1.28. The number of rotatable bonds is 8. The van der Waals surface area contributed by atoms with Crippen molar-refractivity contribution in [2.45, 2.75) is 65.3 Å². The molecule has 7 nitrogen and oxygen atoms in total. The fourth-order valence-electron chi connectivity index (χ4n) is 3.48. The lowest BCUT2D eigenvalue weighted by Crippen LogP contribution is -2.51. The predicted molar refractivity (Wildman–Crippen MR) is 115 cm³/mol. The zero-order chi connectivity index (χ0) is 19.8. The number of nitrogens with zero attached hydrogens (tertiary/aromatic N) is 2. The summed E-state index contributed by atoms with van der Waals surface area (Å²) >= 11 is 1.57. The van der Waals surface area contributed by atoms with E-state index in [0.717, 1.165) is 62.5 Å². The summed E-state index contributed by atoms with van der Waals surface area (Å²) in [5.74, 6) is -0.803. The van der Waals surface area contributed by atoms with E-state index in [2.05, 4.69) is 27.7 Å². The van der Waals surface area contributed by atoms with Gasteiger partial charge >= 0.3 is 5.91 Å². The third kappa shape index (κ3) is 6.95. The smallest absolute Gasteiger partial charge is 0.309 e. The van der Waals surface area contributed by atoms with Gasteiger partial charge < -0.3 is 10.2 Å². The maximum absolute atomic E-state index is 12.6. The van der Waals surface area contributed by atoms with Crippen LogP contribution in [0.25, 0.3) is 0 Å². The number of amides is 2. The molecule has 160 valence electrons. The Kier molecular flexibility index (Phi) is 10.9. The van der Waals surface area contributed by atoms with Gasteiger partial charge in [0.05, 0.1) is 6.04 Å². The molecular formula is C19H33ClN4O3S. The van der Waals surface area contributed by atoms with Crippen LogP contribution in [0.4, 0.5) is 0 Å². The molecule has 0 bridgehead atoms. The van der Waals surface area contributed by atoms with Crippen molar-refractivity contribution in [1.82, 2.24) is 15.6 Å². The van der Waals surface area contributed by atoms with Crippen molar-refractivity contribution < 1.29 is 14.4 Å². The number of Topliss-reactive ketones (excluding diaryl/α,β-unsaturated/α-hetero) is 1. The van der Waals surface area contributed by atoms with Crippen LogP contribution in [-0.2, 0) is 14.4 Å². The highest BCUT2D eigenvalue weighted by Crippen LogP contribution is 2.24. The van der Waals surface area contributed by atoms with E-state index in [9.17, 15) is 14.4 Å². The maximum Gasteiger partial charge on any atom is 0.309 e. The van der Waals surface area contributed by atoms with Crippen LogP contribution in [0, 0.1) is 11.8 Å². The molecule has 1 heterocycles. The Balaban J connectivity index is 0.00000392. The molecule has 0 aromatic carbocycles. The zero-order valence-corrected chi connectivity index (χ0v) is 18.7. The minimum atomic E-state index is -0.817. The molecule has 0 aromatic heterocycles. The van der Waals surface area contributed by atoms with Crippen molar-refractivity contribution in [3.63, 3.8) is 0 Å². The van der Waals surface area contributed by atoms with Gasteiger partial charge in [0.1, 0.15) is 0 Å². The van der Waals surface area contributed by atoms with Gasteiger partial charge in [-0.3, -0.25) is 14.4 Å². The molecule has 9 heteroatoms. The number of thioether (sulfide) groups is 1. The molecule has 0 unspecified atom stereocenters. The number of halogens is 1. The molecular weight excluding hydrogens is 400 g/mol. The lowest BCUT2D eigenvalue weighted by Gasteiger charge is -2.25. The Morgan fingerprint density at radius 1 is 1.21 bits per heavy atom. The van der Waals surface area contributed by atoms with Crippen LogP contribution in [-0.4, -0.2) is 52.5 Å². The van der Waals surface area contributed by atoms with E-state index >= 15 is 0 Å². The van der Waals surface area contributed by atoms with E-state index in [1.165, 1.54) is 0 Å². The van der Waals surface area contributed by atoms with Gasteiger partial charge in [-0.25, -0.2) is 5.43 Å². The predicted octanol–water partition coefficient (Wildman–Crippen LogP) is 2.54. The standard InChI is InChI=1S/C19H32N4O3S.ClH/c1-4-10-23-11-12-27-19(23)22-21-18(26)16(24)15(13(2)3)20-17(25)14-8-6-5-7-9-14;/h13-15H,4-12H2,1-3H3,(H,20,25)(H,21,26);1H/b22-19-;/t15-;/m0./s1. The first-order valence-electron chi connectivity index (χ1n) is 10.0. The van der Waals surface area contributed by atoms with E-state index in [1.54, 1.807) is 11.8 Å². The van der Waals surface area contributed by atoms with E-state index in [1.807, 2.05) is 13.8 Å². The number of hydrazone groups is 1. The van der Waals surface area contributed by atoms with Crippen molar-refractivity contribution in [2.75, 3.05) is 18.8 Å². The molecule has 1 saturated carbocycles. The first-order valence-corrected chi connectivity index (χ1v) is 11.0. The minimum absolute atomic E-state index is 0. The summed E-state index contributed by atoms with van der Waals surface area (Å²) in [6.45, 7) is 7.53. The molecule has 2 N–H and O–H groups in total. The second-order valence-corrected chi connectivity index (χ2v) is 8.66. The largest absolute Gasteiger partial charge is 0.349 e. The average molecular weight is 433 g/mol. The number of hydrogen-bond acceptors (Lipinski definition) is 5. The normalized spacial score (nSPS) is 20.0. The Morgan fingerprint density at radius 3 is 2.50 bits per heavy atom. The quantitative estimate of drug-likeness (QED) is 0.454. The average Bonchev–Trinajstić information content (AvgIpc) is 3.11. The Labute approximate surface area is 178 Å². The first kappa shape index (κ1) is 24.8. The highest BCUT2D eigenvalue weighted by atomic mass is 35.5. The van der Waals surface area contributed by atoms with Gasteiger partial charge in [0.25, 0.3) is 0 Å². The van der Waals surface area contributed by atoms with E-state index < -0.39 is 17.7 Å². The summed E-state index contributed by atoms with van der Waals surface area (Å²) in [7, 11) is 0. The summed E-state index contributed by atoms with van der Waals surface area (Å²) in [4.78, 5) is 39.5. The number of ketones is 1. The van der Waals surface area contributed by atoms with Gasteiger partial charge in [-0.15, -0.1) is 17.5 Å². The Bertz CT molecular complexity index is 580. The zero-order valence-electron chi connectivity index (χ0n) is 17.0. The molecule has 0 aromatic rings. The second-order valence-electron chi connectivity index (χ2n) is 7.60. The fraction of sp³-hybridized carbons (Fsp3) is 0.789. The molecule has 0 radical (unpaired) electrons. The third-order valence-corrected chi connectivity index (χ3v) is 6.05. The molecule has 2 fully saturated rings. The number of carbonyl (C=O) groups excluding carboxylic acids is 3. The molecule has 1 saturated heterocycles. The summed E-state index contributed by atoms with van der Waals surface area (Å²) in [6, 6.07) is -0.817. The maximum atomic E-state index is 12.6. The van der Waals surface area contributed by atoms with E-state index in [-0.39, 0.29) is 30.2 Å². The summed E-state index contributed by atoms with van der Waals surface area (Å²) in [6.07, 6.45) is 5.95. The number of amidine groups is 1. The van der Waals surface area contributed by atoms with Crippen molar-refractivity contribution in [3.05, 3.63) is 0 Å². The lowest BCUT2D eigenvalue weighted by atomic mass is 9.88. The minimum Gasteiger partial charge on any atom is -0.349 e. The number of hydrogen-bond donors (Lipinski definition) is 2. The van der Waals surface area contributed by atoms with Crippen molar-refractivity contribution in [1.29, 1.82) is 0 Å². The van der Waals surface area contributed by atoms with Crippen LogP contribution in [0.15, 0.2) is 5.10 Å². The molecule has 2 amide bonds. The van der Waals surface area contributed by atoms with Crippen molar-refractivity contribution in [2.24, 2.45) is 16.9 Å². The van der Waals surface area contributed by atoms with Crippen LogP contribution in [0.5, 0.6) is 0 Å². The second kappa shape index (κ2) is 12.3. The molecule has 0 spiro atoms. The first-order chi connectivity index (χ1) is 12.9. The number of nitrogens with one attached hydrogen (secondary N) is 2. The molecule has 1 aliphatic heterocycles. The van der Waals surface area contributed by atoms with Crippen LogP contribution in [0.3, 0.4) is 0 Å². The topological polar surface area (TPSA) is 90.9 Å². The molecule has 2 aliphatic rings. The van der Waals surface area contributed by atoms with Crippen LogP contribution in [0.1, 0.15) is 59.3 Å². The summed E-state index contributed by atoms with van der Waals surface area (Å²) in [5.41, 5.74) is 2.39. The van der Waals surface area contributed by atoms with Crippen LogP contribution in [0.2, 0.25) is 0 Å². The SMILES string of the molecule is CCCN1CCS/C1=N\NC(=O)C(=O)[C@@H](NC(=O)C1CCCCC1)C(C)C.Cl. The van der Waals surface area contributed by atoms with Gasteiger partial charge in [0, 0.05) is 24.8 Å². The summed E-state index contributed by atoms with van der Waals surface area (Å²) in [5, 5.41) is 7.68. The molecule has 1 atom stereocenters. The molecule has 1 aliphatic carbocycles. The third-order valence-electron chi connectivity index (χ3n) is 5.06. The lowest BCUT2D eigenvalue weighted by molar-refractivity contribution is -0.141. The van der Waals surface area contributed by atoms with Gasteiger partial charge in [0.15, 0.2) is 5.17 Å². The molecule has 28 heavy (non-hydrogen) atoms. The van der Waals surface area contributed by atoms with Gasteiger partial charge in [-0.05, 0) is 25.2 Å². The van der Waals surface area contributed by atoms with Gasteiger partial charge in [-0.1, -0.05) is 51.8 Å².